The highest BCUT2D eigenvalue weighted by molar-refractivity contribution is 8.14. The van der Waals surface area contributed by atoms with Gasteiger partial charge in [-0.15, -0.1) is 0 Å². The number of unbranched alkanes of at least 4 members (excludes halogenated alkanes) is 2. The summed E-state index contributed by atoms with van der Waals surface area (Å²) in [5, 5.41) is 5.38. The number of hydrogen-bond donors (Lipinski definition) is 2. The normalized spacial score (nSPS) is 13.8. The Labute approximate surface area is 178 Å². The quantitative estimate of drug-likeness (QED) is 0.554. The summed E-state index contributed by atoms with van der Waals surface area (Å²) in [5.74, 6) is -0.291. The molecule has 1 fully saturated rings. The van der Waals surface area contributed by atoms with E-state index in [2.05, 4.69) is 15.6 Å². The van der Waals surface area contributed by atoms with Gasteiger partial charge in [-0.2, -0.15) is 0 Å². The monoisotopic (exact) mass is 431 g/mol. The Balaban J connectivity index is 1.28. The molecule has 1 saturated heterocycles. The van der Waals surface area contributed by atoms with Crippen LogP contribution >= 0.6 is 11.8 Å². The maximum atomic E-state index is 12.5. The molecular formula is C20H25N5O4S. The molecule has 0 spiro atoms. The van der Waals surface area contributed by atoms with Crippen molar-refractivity contribution in [2.45, 2.75) is 32.6 Å². The summed E-state index contributed by atoms with van der Waals surface area (Å²) in [4.78, 5) is 52.8. The minimum Gasteiger partial charge on any atom is -0.354 e. The van der Waals surface area contributed by atoms with E-state index in [1.807, 2.05) is 31.3 Å². The van der Waals surface area contributed by atoms with Gasteiger partial charge < -0.3 is 10.6 Å². The van der Waals surface area contributed by atoms with Crippen molar-refractivity contribution in [3.63, 3.8) is 0 Å². The third-order valence-electron chi connectivity index (χ3n) is 4.78. The van der Waals surface area contributed by atoms with Crippen LogP contribution in [0, 0.1) is 6.92 Å². The van der Waals surface area contributed by atoms with E-state index in [1.54, 1.807) is 4.40 Å². The first kappa shape index (κ1) is 21.8. The van der Waals surface area contributed by atoms with E-state index in [0.29, 0.717) is 30.8 Å². The number of aryl methyl sites for hydroxylation is 1. The second-order valence-corrected chi connectivity index (χ2v) is 7.92. The average Bonchev–Trinajstić information content (AvgIpc) is 3.23. The van der Waals surface area contributed by atoms with E-state index >= 15 is 0 Å². The van der Waals surface area contributed by atoms with Crippen molar-refractivity contribution in [1.82, 2.24) is 24.9 Å². The van der Waals surface area contributed by atoms with E-state index in [4.69, 9.17) is 0 Å². The van der Waals surface area contributed by atoms with Crippen molar-refractivity contribution in [1.29, 1.82) is 0 Å². The molecule has 0 bridgehead atoms. The highest BCUT2D eigenvalue weighted by atomic mass is 32.2. The Morgan fingerprint density at radius 1 is 1.13 bits per heavy atom. The predicted molar refractivity (Wildman–Crippen MR) is 113 cm³/mol. The Bertz CT molecular complexity index is 942. The summed E-state index contributed by atoms with van der Waals surface area (Å²) in [7, 11) is 0. The van der Waals surface area contributed by atoms with Gasteiger partial charge in [0.2, 0.25) is 11.8 Å². The number of nitrogens with zero attached hydrogens (tertiary/aromatic N) is 3. The minimum absolute atomic E-state index is 0.105. The first-order valence-corrected chi connectivity index (χ1v) is 10.9. The predicted octanol–water partition coefficient (Wildman–Crippen LogP) is 1.74. The third kappa shape index (κ3) is 5.38. The van der Waals surface area contributed by atoms with Crippen LogP contribution < -0.4 is 10.6 Å². The van der Waals surface area contributed by atoms with E-state index < -0.39 is 0 Å². The van der Waals surface area contributed by atoms with E-state index in [1.165, 1.54) is 4.90 Å². The Hall–Kier alpha value is -2.88. The average molecular weight is 432 g/mol. The van der Waals surface area contributed by atoms with Crippen LogP contribution in [0.3, 0.4) is 0 Å². The molecule has 2 aromatic rings. The number of rotatable bonds is 10. The smallest absolute Gasteiger partial charge is 0.288 e. The zero-order valence-electron chi connectivity index (χ0n) is 16.8. The number of nitrogens with one attached hydrogen (secondary N) is 2. The molecule has 0 atom stereocenters. The molecule has 160 valence electrons. The van der Waals surface area contributed by atoms with Crippen molar-refractivity contribution in [3.05, 3.63) is 35.8 Å². The number of amides is 4. The van der Waals surface area contributed by atoms with E-state index in [0.717, 1.165) is 30.3 Å². The lowest BCUT2D eigenvalue weighted by atomic mass is 10.2. The molecule has 2 aromatic heterocycles. The number of carbonyl (C=O) groups excluding carboxylic acids is 4. The van der Waals surface area contributed by atoms with Crippen LogP contribution in [0.4, 0.5) is 4.79 Å². The summed E-state index contributed by atoms with van der Waals surface area (Å²) in [5.41, 5.74) is 1.97. The molecule has 0 radical (unpaired) electrons. The third-order valence-corrected chi connectivity index (χ3v) is 5.64. The van der Waals surface area contributed by atoms with Crippen LogP contribution in [0.25, 0.3) is 5.65 Å². The molecule has 4 amide bonds. The van der Waals surface area contributed by atoms with Gasteiger partial charge in [0.1, 0.15) is 11.3 Å². The highest BCUT2D eigenvalue weighted by Gasteiger charge is 2.29. The van der Waals surface area contributed by atoms with Gasteiger partial charge in [-0.1, -0.05) is 24.2 Å². The SMILES string of the molecule is Cc1nc2ccccn2c1C(=O)NCCCCCC(=O)NCCN1C(=O)CSC1=O. The lowest BCUT2D eigenvalue weighted by molar-refractivity contribution is -0.125. The second-order valence-electron chi connectivity index (χ2n) is 6.99. The summed E-state index contributed by atoms with van der Waals surface area (Å²) >= 11 is 0.986. The molecule has 3 rings (SSSR count). The van der Waals surface area contributed by atoms with Crippen LogP contribution in [0.15, 0.2) is 24.4 Å². The molecule has 0 aliphatic carbocycles. The van der Waals surface area contributed by atoms with Crippen molar-refractivity contribution in [2.24, 2.45) is 0 Å². The number of carbonyl (C=O) groups is 4. The van der Waals surface area contributed by atoms with Crippen molar-refractivity contribution in [3.8, 4) is 0 Å². The van der Waals surface area contributed by atoms with Crippen LogP contribution in [-0.4, -0.2) is 62.6 Å². The zero-order chi connectivity index (χ0) is 21.5. The van der Waals surface area contributed by atoms with Gasteiger partial charge in [-0.05, 0) is 31.9 Å². The molecule has 1 aliphatic rings. The van der Waals surface area contributed by atoms with Gasteiger partial charge in [-0.3, -0.25) is 28.5 Å². The number of pyridine rings is 1. The van der Waals surface area contributed by atoms with Gasteiger partial charge in [0.15, 0.2) is 0 Å². The number of hydrogen-bond acceptors (Lipinski definition) is 6. The summed E-state index contributed by atoms with van der Waals surface area (Å²) < 4.78 is 1.77. The first-order chi connectivity index (χ1) is 14.5. The van der Waals surface area contributed by atoms with Crippen LogP contribution in [0.2, 0.25) is 0 Å². The van der Waals surface area contributed by atoms with Crippen molar-refractivity contribution in [2.75, 3.05) is 25.4 Å². The molecular weight excluding hydrogens is 406 g/mol. The van der Waals surface area contributed by atoms with Crippen molar-refractivity contribution >= 4 is 40.4 Å². The van der Waals surface area contributed by atoms with E-state index in [-0.39, 0.29) is 41.8 Å². The number of imide groups is 1. The zero-order valence-corrected chi connectivity index (χ0v) is 17.7. The Morgan fingerprint density at radius 2 is 1.97 bits per heavy atom. The molecule has 9 nitrogen and oxygen atoms in total. The largest absolute Gasteiger partial charge is 0.354 e. The molecule has 0 aromatic carbocycles. The number of thioether (sulfide) groups is 1. The lowest BCUT2D eigenvalue weighted by Gasteiger charge is -2.13. The topological polar surface area (TPSA) is 113 Å². The van der Waals surface area contributed by atoms with Gasteiger partial charge in [0.25, 0.3) is 11.1 Å². The fourth-order valence-corrected chi connectivity index (χ4v) is 4.00. The lowest BCUT2D eigenvalue weighted by Crippen LogP contribution is -2.37. The summed E-state index contributed by atoms with van der Waals surface area (Å²) in [6, 6.07) is 5.59. The van der Waals surface area contributed by atoms with Gasteiger partial charge in [0.05, 0.1) is 11.4 Å². The number of fused-ring (bicyclic) bond motifs is 1. The molecule has 1 aliphatic heterocycles. The minimum atomic E-state index is -0.254. The van der Waals surface area contributed by atoms with Crippen LogP contribution in [0.5, 0.6) is 0 Å². The maximum absolute atomic E-state index is 12.5. The Kier molecular flexibility index (Phi) is 7.45. The standard InChI is InChI=1S/C20H25N5O4S/c1-14-18(24-11-6-4-7-15(24)23-14)19(28)22-9-5-2-3-8-16(26)21-10-12-25-17(27)13-30-20(25)29/h4,6-7,11H,2-3,5,8-10,12-13H2,1H3,(H,21,26)(H,22,28). The van der Waals surface area contributed by atoms with Gasteiger partial charge in [0, 0.05) is 32.3 Å². The van der Waals surface area contributed by atoms with Gasteiger partial charge >= 0.3 is 0 Å². The van der Waals surface area contributed by atoms with Crippen LogP contribution in [-0.2, 0) is 9.59 Å². The van der Waals surface area contributed by atoms with Crippen molar-refractivity contribution < 1.29 is 19.2 Å². The molecule has 30 heavy (non-hydrogen) atoms. The molecule has 3 heterocycles. The fourth-order valence-electron chi connectivity index (χ4n) is 3.25. The first-order valence-electron chi connectivity index (χ1n) is 9.93. The Morgan fingerprint density at radius 3 is 2.73 bits per heavy atom. The summed E-state index contributed by atoms with van der Waals surface area (Å²) in [6.07, 6.45) is 4.46. The summed E-state index contributed by atoms with van der Waals surface area (Å²) in [6.45, 7) is 2.82. The molecule has 10 heteroatoms. The highest BCUT2D eigenvalue weighted by Crippen LogP contribution is 2.17. The van der Waals surface area contributed by atoms with Crippen LogP contribution in [0.1, 0.15) is 41.9 Å². The molecule has 0 unspecified atom stereocenters. The molecule has 2 N–H and O–H groups in total. The maximum Gasteiger partial charge on any atom is 0.288 e. The second kappa shape index (κ2) is 10.2. The number of imidazole rings is 1. The number of aromatic nitrogens is 2. The van der Waals surface area contributed by atoms with E-state index in [9.17, 15) is 19.2 Å². The molecule has 0 saturated carbocycles. The van der Waals surface area contributed by atoms with Gasteiger partial charge in [-0.25, -0.2) is 4.98 Å². The fraction of sp³-hybridized carbons (Fsp3) is 0.450.